The standard InChI is InChI=1S/C19H22N2O4/c1-2-15(22)10-11-20-19(24)17(13-16-9-6-12-25-16)21-18(23)14-7-4-3-5-8-14/h3-9,12-13,15,22H,2,10-11H2,1H3,(H,20,24)(H,21,23)/b17-13-. The van der Waals surface area contributed by atoms with Crippen LogP contribution >= 0.6 is 0 Å². The number of carbonyl (C=O) groups excluding carboxylic acids is 2. The number of hydrogen-bond donors (Lipinski definition) is 3. The van der Waals surface area contributed by atoms with Crippen molar-refractivity contribution >= 4 is 17.9 Å². The molecule has 1 heterocycles. The Morgan fingerprint density at radius 1 is 1.20 bits per heavy atom. The smallest absolute Gasteiger partial charge is 0.267 e. The van der Waals surface area contributed by atoms with Gasteiger partial charge < -0.3 is 20.2 Å². The maximum absolute atomic E-state index is 12.4. The predicted octanol–water partition coefficient (Wildman–Crippen LogP) is 2.33. The third-order valence-electron chi connectivity index (χ3n) is 3.59. The predicted molar refractivity (Wildman–Crippen MR) is 94.5 cm³/mol. The average Bonchev–Trinajstić information content (AvgIpc) is 3.14. The number of benzene rings is 1. The molecule has 2 rings (SSSR count). The van der Waals surface area contributed by atoms with E-state index in [2.05, 4.69) is 10.6 Å². The van der Waals surface area contributed by atoms with Crippen LogP contribution in [-0.4, -0.2) is 29.6 Å². The summed E-state index contributed by atoms with van der Waals surface area (Å²) in [6, 6.07) is 12.0. The summed E-state index contributed by atoms with van der Waals surface area (Å²) in [5.41, 5.74) is 0.525. The van der Waals surface area contributed by atoms with Crippen LogP contribution in [0.2, 0.25) is 0 Å². The van der Waals surface area contributed by atoms with Crippen LogP contribution in [0, 0.1) is 0 Å². The Kier molecular flexibility index (Phi) is 6.98. The van der Waals surface area contributed by atoms with E-state index >= 15 is 0 Å². The Balaban J connectivity index is 2.08. The Labute approximate surface area is 146 Å². The minimum atomic E-state index is -0.461. The molecule has 6 nitrogen and oxygen atoms in total. The van der Waals surface area contributed by atoms with Crippen molar-refractivity contribution in [2.75, 3.05) is 6.54 Å². The van der Waals surface area contributed by atoms with Gasteiger partial charge in [-0.25, -0.2) is 0 Å². The lowest BCUT2D eigenvalue weighted by Crippen LogP contribution is -2.36. The second-order valence-corrected chi connectivity index (χ2v) is 5.50. The van der Waals surface area contributed by atoms with E-state index in [9.17, 15) is 14.7 Å². The zero-order valence-corrected chi connectivity index (χ0v) is 14.1. The van der Waals surface area contributed by atoms with E-state index in [1.165, 1.54) is 12.3 Å². The minimum absolute atomic E-state index is 0.0785. The highest BCUT2D eigenvalue weighted by molar-refractivity contribution is 6.05. The van der Waals surface area contributed by atoms with Gasteiger partial charge in [-0.3, -0.25) is 9.59 Å². The molecule has 2 amide bonds. The molecule has 6 heteroatoms. The Hall–Kier alpha value is -2.86. The molecule has 0 saturated carbocycles. The van der Waals surface area contributed by atoms with Crippen molar-refractivity contribution < 1.29 is 19.1 Å². The molecule has 0 spiro atoms. The van der Waals surface area contributed by atoms with E-state index in [1.807, 2.05) is 13.0 Å². The first-order valence-electron chi connectivity index (χ1n) is 8.18. The molecule has 0 aliphatic heterocycles. The van der Waals surface area contributed by atoms with Crippen LogP contribution in [0.4, 0.5) is 0 Å². The number of hydrogen-bond acceptors (Lipinski definition) is 4. The van der Waals surface area contributed by atoms with E-state index in [4.69, 9.17) is 4.42 Å². The fourth-order valence-corrected chi connectivity index (χ4v) is 2.11. The molecule has 0 aliphatic rings. The van der Waals surface area contributed by atoms with Crippen molar-refractivity contribution in [1.29, 1.82) is 0 Å². The summed E-state index contributed by atoms with van der Waals surface area (Å²) in [6.07, 6.45) is 3.56. The first-order chi connectivity index (χ1) is 12.1. The normalized spacial score (nSPS) is 12.5. The molecule has 1 atom stereocenters. The molecule has 25 heavy (non-hydrogen) atoms. The number of aliphatic hydroxyl groups excluding tert-OH is 1. The van der Waals surface area contributed by atoms with Gasteiger partial charge in [-0.2, -0.15) is 0 Å². The molecule has 132 valence electrons. The van der Waals surface area contributed by atoms with E-state index in [-0.39, 0.29) is 11.6 Å². The highest BCUT2D eigenvalue weighted by atomic mass is 16.3. The lowest BCUT2D eigenvalue weighted by molar-refractivity contribution is -0.117. The second-order valence-electron chi connectivity index (χ2n) is 5.50. The molecule has 1 aromatic carbocycles. The molecule has 0 radical (unpaired) electrons. The zero-order valence-electron chi connectivity index (χ0n) is 14.1. The highest BCUT2D eigenvalue weighted by Gasteiger charge is 2.15. The third kappa shape index (κ3) is 5.93. The van der Waals surface area contributed by atoms with Crippen LogP contribution < -0.4 is 10.6 Å². The molecule has 1 unspecified atom stereocenters. The first kappa shape index (κ1) is 18.5. The van der Waals surface area contributed by atoms with Gasteiger partial charge in [-0.1, -0.05) is 25.1 Å². The minimum Gasteiger partial charge on any atom is -0.465 e. The molecule has 0 saturated heterocycles. The molecule has 0 fully saturated rings. The Morgan fingerprint density at radius 2 is 1.96 bits per heavy atom. The monoisotopic (exact) mass is 342 g/mol. The number of furan rings is 1. The van der Waals surface area contributed by atoms with E-state index in [0.717, 1.165) is 0 Å². The van der Waals surface area contributed by atoms with Gasteiger partial charge >= 0.3 is 0 Å². The SMILES string of the molecule is CCC(O)CCNC(=O)/C(=C/c1ccco1)NC(=O)c1ccccc1. The number of amides is 2. The van der Waals surface area contributed by atoms with Crippen LogP contribution in [0.1, 0.15) is 35.9 Å². The van der Waals surface area contributed by atoms with Gasteiger partial charge in [0.2, 0.25) is 0 Å². The summed E-state index contributed by atoms with van der Waals surface area (Å²) in [7, 11) is 0. The van der Waals surface area contributed by atoms with Crippen molar-refractivity contribution in [2.45, 2.75) is 25.9 Å². The molecule has 0 aliphatic carbocycles. The molecule has 0 bridgehead atoms. The van der Waals surface area contributed by atoms with Crippen LogP contribution in [0.15, 0.2) is 58.8 Å². The van der Waals surface area contributed by atoms with Crippen LogP contribution in [0.5, 0.6) is 0 Å². The fraction of sp³-hybridized carbons (Fsp3) is 0.263. The van der Waals surface area contributed by atoms with Crippen molar-refractivity contribution in [1.82, 2.24) is 10.6 Å². The summed E-state index contributed by atoms with van der Waals surface area (Å²) < 4.78 is 5.21. The number of nitrogens with one attached hydrogen (secondary N) is 2. The van der Waals surface area contributed by atoms with Crippen molar-refractivity contribution in [3.63, 3.8) is 0 Å². The average molecular weight is 342 g/mol. The molecule has 2 aromatic rings. The molecule has 3 N–H and O–H groups in total. The van der Waals surface area contributed by atoms with E-state index in [0.29, 0.717) is 30.7 Å². The van der Waals surface area contributed by atoms with Gasteiger partial charge in [0, 0.05) is 18.2 Å². The summed E-state index contributed by atoms with van der Waals surface area (Å²) in [6.45, 7) is 2.18. The Bertz CT molecular complexity index is 708. The van der Waals surface area contributed by atoms with Crippen molar-refractivity contribution in [3.8, 4) is 0 Å². The van der Waals surface area contributed by atoms with E-state index in [1.54, 1.807) is 36.4 Å². The fourth-order valence-electron chi connectivity index (χ4n) is 2.11. The quantitative estimate of drug-likeness (QED) is 0.642. The number of aliphatic hydroxyl groups is 1. The molecular formula is C19H22N2O4. The summed E-state index contributed by atoms with van der Waals surface area (Å²) in [5, 5.41) is 14.9. The van der Waals surface area contributed by atoms with Gasteiger partial charge in [0.1, 0.15) is 11.5 Å². The number of carbonyl (C=O) groups is 2. The number of rotatable bonds is 8. The van der Waals surface area contributed by atoms with Gasteiger partial charge in [0.05, 0.1) is 12.4 Å². The largest absolute Gasteiger partial charge is 0.465 e. The third-order valence-corrected chi connectivity index (χ3v) is 3.59. The summed E-state index contributed by atoms with van der Waals surface area (Å²) in [4.78, 5) is 24.7. The topological polar surface area (TPSA) is 91.6 Å². The van der Waals surface area contributed by atoms with Crippen LogP contribution in [0.25, 0.3) is 6.08 Å². The molecular weight excluding hydrogens is 320 g/mol. The highest BCUT2D eigenvalue weighted by Crippen LogP contribution is 2.08. The van der Waals surface area contributed by atoms with Gasteiger partial charge in [0.15, 0.2) is 0 Å². The van der Waals surface area contributed by atoms with Crippen molar-refractivity contribution in [3.05, 3.63) is 65.7 Å². The maximum atomic E-state index is 12.4. The second kappa shape index (κ2) is 9.44. The van der Waals surface area contributed by atoms with E-state index < -0.39 is 12.0 Å². The van der Waals surface area contributed by atoms with Crippen LogP contribution in [0.3, 0.4) is 0 Å². The lowest BCUT2D eigenvalue weighted by atomic mass is 10.2. The Morgan fingerprint density at radius 3 is 2.60 bits per heavy atom. The zero-order chi connectivity index (χ0) is 18.1. The molecule has 1 aromatic heterocycles. The lowest BCUT2D eigenvalue weighted by Gasteiger charge is -2.12. The van der Waals surface area contributed by atoms with Crippen molar-refractivity contribution in [2.24, 2.45) is 0 Å². The first-order valence-corrected chi connectivity index (χ1v) is 8.18. The van der Waals surface area contributed by atoms with Gasteiger partial charge in [-0.15, -0.1) is 0 Å². The summed E-state index contributed by atoms with van der Waals surface area (Å²) in [5.74, 6) is -0.377. The maximum Gasteiger partial charge on any atom is 0.267 e. The van der Waals surface area contributed by atoms with Crippen LogP contribution in [-0.2, 0) is 4.79 Å². The summed E-state index contributed by atoms with van der Waals surface area (Å²) >= 11 is 0. The van der Waals surface area contributed by atoms with Gasteiger partial charge in [-0.05, 0) is 37.1 Å². The van der Waals surface area contributed by atoms with Gasteiger partial charge in [0.25, 0.3) is 11.8 Å².